The van der Waals surface area contributed by atoms with Gasteiger partial charge in [0, 0.05) is 38.2 Å². The molecule has 0 atom stereocenters. The molecular formula is C12H21N3O3S. The van der Waals surface area contributed by atoms with Crippen molar-refractivity contribution in [3.8, 4) is 0 Å². The summed E-state index contributed by atoms with van der Waals surface area (Å²) < 4.78 is 24.1. The quantitative estimate of drug-likeness (QED) is 0.767. The Morgan fingerprint density at radius 1 is 1.47 bits per heavy atom. The van der Waals surface area contributed by atoms with Crippen molar-refractivity contribution in [3.05, 3.63) is 18.2 Å². The number of carbonyl (C=O) groups excluding carboxylic acids is 1. The standard InChI is InChI=1S/C12H21N3O3S/c1-10(2)15(9-11-13-6-7-14(11)3)12(16)5-8-19(4,17)18/h6-7,10H,5,8-9H2,1-4H3. The first kappa shape index (κ1) is 15.7. The number of nitrogens with zero attached hydrogens (tertiary/aromatic N) is 3. The van der Waals surface area contributed by atoms with Crippen LogP contribution in [-0.2, 0) is 28.2 Å². The van der Waals surface area contributed by atoms with Gasteiger partial charge in [0.15, 0.2) is 0 Å². The van der Waals surface area contributed by atoms with Crippen molar-refractivity contribution in [2.45, 2.75) is 32.9 Å². The third-order valence-electron chi connectivity index (χ3n) is 2.86. The van der Waals surface area contributed by atoms with E-state index in [9.17, 15) is 13.2 Å². The van der Waals surface area contributed by atoms with Crippen LogP contribution in [0, 0.1) is 0 Å². The number of carbonyl (C=O) groups is 1. The van der Waals surface area contributed by atoms with E-state index in [1.54, 1.807) is 11.1 Å². The maximum atomic E-state index is 12.1. The van der Waals surface area contributed by atoms with Gasteiger partial charge in [-0.3, -0.25) is 4.79 Å². The maximum absolute atomic E-state index is 12.1. The molecule has 0 aromatic carbocycles. The van der Waals surface area contributed by atoms with Crippen LogP contribution < -0.4 is 0 Å². The fraction of sp³-hybridized carbons (Fsp3) is 0.667. The zero-order chi connectivity index (χ0) is 14.6. The summed E-state index contributed by atoms with van der Waals surface area (Å²) in [6.07, 6.45) is 4.64. The molecule has 0 radical (unpaired) electrons. The Morgan fingerprint density at radius 2 is 2.11 bits per heavy atom. The van der Waals surface area contributed by atoms with Crippen LogP contribution in [-0.4, -0.2) is 46.8 Å². The summed E-state index contributed by atoms with van der Waals surface area (Å²) in [7, 11) is -1.25. The van der Waals surface area contributed by atoms with Gasteiger partial charge in [0.2, 0.25) is 5.91 Å². The van der Waals surface area contributed by atoms with E-state index in [1.165, 1.54) is 0 Å². The molecule has 0 fully saturated rings. The Kier molecular flexibility index (Phi) is 5.11. The van der Waals surface area contributed by atoms with Gasteiger partial charge in [-0.25, -0.2) is 13.4 Å². The van der Waals surface area contributed by atoms with Crippen molar-refractivity contribution in [1.82, 2.24) is 14.5 Å². The molecular weight excluding hydrogens is 266 g/mol. The lowest BCUT2D eigenvalue weighted by molar-refractivity contribution is -0.133. The number of sulfone groups is 1. The van der Waals surface area contributed by atoms with E-state index in [2.05, 4.69) is 4.98 Å². The fourth-order valence-corrected chi connectivity index (χ4v) is 2.22. The van der Waals surface area contributed by atoms with Gasteiger partial charge in [0.1, 0.15) is 15.7 Å². The second-order valence-corrected chi connectivity index (χ2v) is 7.21. The molecule has 0 bridgehead atoms. The van der Waals surface area contributed by atoms with Gasteiger partial charge >= 0.3 is 0 Å². The van der Waals surface area contributed by atoms with E-state index in [0.29, 0.717) is 6.54 Å². The molecule has 0 aliphatic heterocycles. The highest BCUT2D eigenvalue weighted by Crippen LogP contribution is 2.09. The predicted molar refractivity (Wildman–Crippen MR) is 73.2 cm³/mol. The van der Waals surface area contributed by atoms with Gasteiger partial charge < -0.3 is 9.47 Å². The molecule has 0 saturated heterocycles. The number of amides is 1. The molecule has 0 aliphatic rings. The van der Waals surface area contributed by atoms with Crippen molar-refractivity contribution >= 4 is 15.7 Å². The molecule has 0 saturated carbocycles. The average Bonchev–Trinajstić information content (AvgIpc) is 2.67. The SMILES string of the molecule is CC(C)N(Cc1nccn1C)C(=O)CCS(C)(=O)=O. The Balaban J connectivity index is 2.73. The average molecular weight is 287 g/mol. The Bertz CT molecular complexity index is 534. The molecule has 0 aliphatic carbocycles. The molecule has 6 nitrogen and oxygen atoms in total. The lowest BCUT2D eigenvalue weighted by atomic mass is 10.2. The van der Waals surface area contributed by atoms with E-state index in [4.69, 9.17) is 0 Å². The lowest BCUT2D eigenvalue weighted by Crippen LogP contribution is -2.37. The maximum Gasteiger partial charge on any atom is 0.224 e. The first-order valence-corrected chi connectivity index (χ1v) is 8.20. The lowest BCUT2D eigenvalue weighted by Gasteiger charge is -2.26. The second-order valence-electron chi connectivity index (χ2n) is 4.95. The Hall–Kier alpha value is -1.37. The molecule has 108 valence electrons. The highest BCUT2D eigenvalue weighted by molar-refractivity contribution is 7.90. The summed E-state index contributed by atoms with van der Waals surface area (Å²) in [5.41, 5.74) is 0. The van der Waals surface area contributed by atoms with Crippen LogP contribution in [0.2, 0.25) is 0 Å². The van der Waals surface area contributed by atoms with Gasteiger partial charge in [0.05, 0.1) is 12.3 Å². The summed E-state index contributed by atoms with van der Waals surface area (Å²) >= 11 is 0. The van der Waals surface area contributed by atoms with E-state index in [-0.39, 0.29) is 24.1 Å². The van der Waals surface area contributed by atoms with Crippen LogP contribution in [0.5, 0.6) is 0 Å². The molecule has 0 spiro atoms. The first-order valence-electron chi connectivity index (χ1n) is 6.14. The highest BCUT2D eigenvalue weighted by atomic mass is 32.2. The molecule has 1 amide bonds. The minimum atomic E-state index is -3.12. The zero-order valence-electron chi connectivity index (χ0n) is 11.8. The van der Waals surface area contributed by atoms with E-state index in [1.807, 2.05) is 31.7 Å². The normalized spacial score (nSPS) is 11.8. The smallest absolute Gasteiger partial charge is 0.224 e. The number of rotatable bonds is 6. The molecule has 0 unspecified atom stereocenters. The summed E-state index contributed by atoms with van der Waals surface area (Å²) in [5.74, 6) is 0.500. The van der Waals surface area contributed by atoms with Gasteiger partial charge in [0.25, 0.3) is 0 Å². The van der Waals surface area contributed by atoms with Gasteiger partial charge in [-0.2, -0.15) is 0 Å². The predicted octanol–water partition coefficient (Wildman–Crippen LogP) is 0.592. The minimum Gasteiger partial charge on any atom is -0.337 e. The third kappa shape index (κ3) is 5.02. The monoisotopic (exact) mass is 287 g/mol. The molecule has 1 heterocycles. The first-order chi connectivity index (χ1) is 8.70. The number of hydrogen-bond acceptors (Lipinski definition) is 4. The molecule has 1 aromatic rings. The van der Waals surface area contributed by atoms with Crippen LogP contribution in [0.15, 0.2) is 12.4 Å². The van der Waals surface area contributed by atoms with Crippen molar-refractivity contribution in [2.24, 2.45) is 7.05 Å². The largest absolute Gasteiger partial charge is 0.337 e. The van der Waals surface area contributed by atoms with Crippen molar-refractivity contribution in [3.63, 3.8) is 0 Å². The summed E-state index contributed by atoms with van der Waals surface area (Å²) in [6.45, 7) is 4.20. The van der Waals surface area contributed by atoms with Gasteiger partial charge in [-0.1, -0.05) is 0 Å². The third-order valence-corrected chi connectivity index (χ3v) is 3.81. The Morgan fingerprint density at radius 3 is 2.53 bits per heavy atom. The molecule has 1 rings (SSSR count). The minimum absolute atomic E-state index is 0.00348. The van der Waals surface area contributed by atoms with Crippen LogP contribution in [0.25, 0.3) is 0 Å². The van der Waals surface area contributed by atoms with Gasteiger partial charge in [-0.15, -0.1) is 0 Å². The van der Waals surface area contributed by atoms with Crippen LogP contribution in [0.1, 0.15) is 26.1 Å². The number of hydrogen-bond donors (Lipinski definition) is 0. The molecule has 0 N–H and O–H groups in total. The summed E-state index contributed by atoms with van der Waals surface area (Å²) in [6, 6.07) is 0.00348. The van der Waals surface area contributed by atoms with Crippen LogP contribution in [0.4, 0.5) is 0 Å². The second kappa shape index (κ2) is 6.18. The van der Waals surface area contributed by atoms with E-state index >= 15 is 0 Å². The number of imidazole rings is 1. The Labute approximate surface area is 114 Å². The zero-order valence-corrected chi connectivity index (χ0v) is 12.6. The highest BCUT2D eigenvalue weighted by Gasteiger charge is 2.20. The van der Waals surface area contributed by atoms with Gasteiger partial charge in [-0.05, 0) is 13.8 Å². The van der Waals surface area contributed by atoms with E-state index < -0.39 is 9.84 Å². The topological polar surface area (TPSA) is 72.3 Å². The fourth-order valence-electron chi connectivity index (χ4n) is 1.68. The number of aromatic nitrogens is 2. The van der Waals surface area contributed by atoms with Crippen LogP contribution in [0.3, 0.4) is 0 Å². The van der Waals surface area contributed by atoms with Crippen molar-refractivity contribution in [1.29, 1.82) is 0 Å². The van der Waals surface area contributed by atoms with Crippen LogP contribution >= 0.6 is 0 Å². The molecule has 1 aromatic heterocycles. The number of aryl methyl sites for hydroxylation is 1. The van der Waals surface area contributed by atoms with Crippen molar-refractivity contribution in [2.75, 3.05) is 12.0 Å². The summed E-state index contributed by atoms with van der Waals surface area (Å²) in [5, 5.41) is 0. The molecule has 7 heteroatoms. The summed E-state index contributed by atoms with van der Waals surface area (Å²) in [4.78, 5) is 17.9. The molecule has 19 heavy (non-hydrogen) atoms. The van der Waals surface area contributed by atoms with E-state index in [0.717, 1.165) is 12.1 Å². The van der Waals surface area contributed by atoms with Crippen molar-refractivity contribution < 1.29 is 13.2 Å².